The number of H-pyrrole nitrogens is 2. The number of allylic oxidation sites excluding steroid dienone is 2. The summed E-state index contributed by atoms with van der Waals surface area (Å²) in [5.74, 6) is 2.28. The van der Waals surface area contributed by atoms with Crippen molar-refractivity contribution in [2.45, 2.75) is 36.4 Å². The van der Waals surface area contributed by atoms with Crippen LogP contribution in [0.25, 0.3) is 60.3 Å². The number of fused-ring (bicyclic) bond motifs is 12. The highest BCUT2D eigenvalue weighted by Gasteiger charge is 2.36. The van der Waals surface area contributed by atoms with Crippen LogP contribution in [0.5, 0.6) is 5.75 Å². The maximum absolute atomic E-state index is 12.8. The fourth-order valence-electron chi connectivity index (χ4n) is 8.01. The lowest BCUT2D eigenvalue weighted by atomic mass is 10.1. The van der Waals surface area contributed by atoms with Crippen LogP contribution in [-0.4, -0.2) is 68.2 Å². The molecule has 0 fully saturated rings. The van der Waals surface area contributed by atoms with Crippen LogP contribution in [0.2, 0.25) is 0 Å². The number of aromatic amines is 2. The van der Waals surface area contributed by atoms with Crippen LogP contribution in [0.1, 0.15) is 18.3 Å². The molecular formula is C46H32F6N10O2S2. The van der Waals surface area contributed by atoms with E-state index in [1.165, 1.54) is 23.7 Å². The molecule has 8 heterocycles. The molecule has 2 aliphatic heterocycles. The molecule has 66 heavy (non-hydrogen) atoms. The number of pyridine rings is 1. The molecule has 0 spiro atoms. The summed E-state index contributed by atoms with van der Waals surface area (Å²) in [6.45, 7) is 0.796. The number of anilines is 1. The molecule has 12 nitrogen and oxygen atoms in total. The monoisotopic (exact) mass is 934 g/mol. The number of aryl methyl sites for hydroxylation is 1. The summed E-state index contributed by atoms with van der Waals surface area (Å²) in [6.07, 6.45) is -3.92. The number of nitrogens with one attached hydrogen (secondary N) is 2. The lowest BCUT2D eigenvalue weighted by molar-refractivity contribution is -0.164. The van der Waals surface area contributed by atoms with Crippen molar-refractivity contribution < 1.29 is 35.8 Å². The van der Waals surface area contributed by atoms with Crippen molar-refractivity contribution in [1.82, 2.24) is 42.7 Å². The van der Waals surface area contributed by atoms with Crippen LogP contribution in [0.3, 0.4) is 0 Å². The van der Waals surface area contributed by atoms with Gasteiger partial charge in [0.25, 0.3) is 0 Å². The molecule has 0 unspecified atom stereocenters. The Kier molecular flexibility index (Phi) is 9.84. The average molecular weight is 935 g/mol. The van der Waals surface area contributed by atoms with E-state index >= 15 is 0 Å². The zero-order chi connectivity index (χ0) is 45.5. The minimum atomic E-state index is -4.43. The van der Waals surface area contributed by atoms with Gasteiger partial charge < -0.3 is 19.4 Å². The summed E-state index contributed by atoms with van der Waals surface area (Å²) in [6, 6.07) is 32.4. The molecule has 10 aromatic rings. The first kappa shape index (κ1) is 41.4. The highest BCUT2D eigenvalue weighted by Crippen LogP contribution is 2.48. The molecule has 0 saturated heterocycles. The van der Waals surface area contributed by atoms with Crippen LogP contribution in [0.4, 0.5) is 32.3 Å². The number of benzene rings is 4. The summed E-state index contributed by atoms with van der Waals surface area (Å²) in [7, 11) is 0. The Balaban J connectivity index is 0.000000146. The number of nitrogens with zero attached hydrogens (tertiary/aromatic N) is 8. The zero-order valence-corrected chi connectivity index (χ0v) is 36.1. The second-order valence-electron chi connectivity index (χ2n) is 15.3. The number of ether oxygens (including phenoxy) is 2. The molecule has 0 atom stereocenters. The van der Waals surface area contributed by atoms with Gasteiger partial charge >= 0.3 is 12.4 Å². The normalized spacial score (nSPS) is 14.3. The number of hydrogen-bond donors (Lipinski definition) is 2. The van der Waals surface area contributed by atoms with E-state index in [1.54, 1.807) is 38.4 Å². The topological polar surface area (TPSA) is 119 Å². The van der Waals surface area contributed by atoms with Gasteiger partial charge in [-0.2, -0.15) is 26.3 Å². The molecule has 0 aliphatic carbocycles. The molecule has 332 valence electrons. The first-order chi connectivity index (χ1) is 31.8. The van der Waals surface area contributed by atoms with Gasteiger partial charge in [0.15, 0.2) is 18.4 Å². The van der Waals surface area contributed by atoms with Gasteiger partial charge in [-0.15, -0.1) is 0 Å². The largest absolute Gasteiger partial charge is 0.484 e. The standard InChI is InChI=1S/2C23H16F3N5OS/c1-13-18(32-12-23(24,25)26)10-11-30-19(13)20(31-17-9-5-4-8-16(17)29-22(30)31)33-21-27-14-6-2-3-7-15(14)28-21;1-13-18(32-12-23(24,25)26)10-11-30-19(13)20(21-27-14-6-2-3-7-15(14)28-21)33-31-17-9-5-4-8-16(17)29-22(30)31/h2*2-11H,12H2,1H3,(H,27,28). The Morgan fingerprint density at radius 2 is 1.30 bits per heavy atom. The van der Waals surface area contributed by atoms with Crippen LogP contribution in [0, 0.1) is 6.92 Å². The predicted molar refractivity (Wildman–Crippen MR) is 242 cm³/mol. The summed E-state index contributed by atoms with van der Waals surface area (Å²) >= 11 is 2.83. The van der Waals surface area contributed by atoms with Crippen molar-refractivity contribution in [2.75, 3.05) is 18.1 Å². The molecule has 0 bridgehead atoms. The SMILES string of the molecule is CC1=C(OCC(F)(F)F)C=CN2C1=C(c1nc3ccccc3[nH]1)Sn1c2nc2ccccc21.Cc1c(OCC(F)(F)F)ccn2c1c(Sc1nc3ccccc3[nH]1)n1c3ccccc3nc21. The average Bonchev–Trinajstić information content (AvgIpc) is 4.12. The predicted octanol–water partition coefficient (Wildman–Crippen LogP) is 12.0. The third-order valence-corrected chi connectivity index (χ3v) is 13.0. The maximum Gasteiger partial charge on any atom is 0.422 e. The van der Waals surface area contributed by atoms with Gasteiger partial charge in [-0.25, -0.2) is 23.9 Å². The van der Waals surface area contributed by atoms with Crippen LogP contribution in [0.15, 0.2) is 149 Å². The van der Waals surface area contributed by atoms with Gasteiger partial charge in [-0.1, -0.05) is 48.5 Å². The van der Waals surface area contributed by atoms with Crippen LogP contribution in [-0.2, 0) is 4.74 Å². The Bertz CT molecular complexity index is 3580. The summed E-state index contributed by atoms with van der Waals surface area (Å²) in [4.78, 5) is 28.2. The quantitative estimate of drug-likeness (QED) is 0.151. The van der Waals surface area contributed by atoms with Crippen LogP contribution < -0.4 is 9.64 Å². The van der Waals surface area contributed by atoms with E-state index in [0.29, 0.717) is 45.1 Å². The number of rotatable bonds is 7. The highest BCUT2D eigenvalue weighted by atomic mass is 32.2. The Hall–Kier alpha value is -7.32. The van der Waals surface area contributed by atoms with Crippen molar-refractivity contribution in [3.05, 3.63) is 150 Å². The van der Waals surface area contributed by atoms with Gasteiger partial charge in [0.05, 0.1) is 60.3 Å². The molecule has 12 rings (SSSR count). The van der Waals surface area contributed by atoms with E-state index in [-0.39, 0.29) is 11.5 Å². The molecule has 0 radical (unpaired) electrons. The smallest absolute Gasteiger partial charge is 0.422 e. The van der Waals surface area contributed by atoms with Gasteiger partial charge in [0.2, 0.25) is 11.7 Å². The Morgan fingerprint density at radius 1 is 0.682 bits per heavy atom. The molecule has 2 N–H and O–H groups in total. The number of halogens is 6. The summed E-state index contributed by atoms with van der Waals surface area (Å²) in [5.41, 5.74) is 9.44. The lowest BCUT2D eigenvalue weighted by Gasteiger charge is -2.33. The van der Waals surface area contributed by atoms with Crippen molar-refractivity contribution in [3.63, 3.8) is 0 Å². The van der Waals surface area contributed by atoms with E-state index in [1.807, 2.05) is 115 Å². The molecule has 2 aliphatic rings. The molecule has 4 aromatic carbocycles. The van der Waals surface area contributed by atoms with Crippen molar-refractivity contribution in [2.24, 2.45) is 0 Å². The van der Waals surface area contributed by atoms with Gasteiger partial charge in [-0.05, 0) is 86.3 Å². The van der Waals surface area contributed by atoms with Gasteiger partial charge in [-0.3, -0.25) is 13.7 Å². The number of imidazole rings is 5. The third-order valence-electron chi connectivity index (χ3n) is 10.9. The molecule has 20 heteroatoms. The number of alkyl halides is 6. The fraction of sp³-hybridized carbons (Fsp3) is 0.130. The Labute approximate surface area is 377 Å². The number of hydrogen-bond acceptors (Lipinski definition) is 9. The van der Waals surface area contributed by atoms with E-state index in [2.05, 4.69) is 15.0 Å². The van der Waals surface area contributed by atoms with Crippen molar-refractivity contribution in [3.8, 4) is 5.75 Å². The third kappa shape index (κ3) is 7.34. The van der Waals surface area contributed by atoms with E-state index in [0.717, 1.165) is 54.1 Å². The first-order valence-corrected chi connectivity index (χ1v) is 21.8. The summed E-state index contributed by atoms with van der Waals surface area (Å²) in [5, 5.41) is 1.46. The molecule has 6 aromatic heterocycles. The summed E-state index contributed by atoms with van der Waals surface area (Å²) < 4.78 is 93.0. The van der Waals surface area contributed by atoms with Crippen molar-refractivity contribution in [1.29, 1.82) is 0 Å². The number of para-hydroxylation sites is 8. The maximum atomic E-state index is 12.8. The number of aromatic nitrogens is 9. The molecule has 0 amide bonds. The van der Waals surface area contributed by atoms with E-state index < -0.39 is 25.6 Å². The second-order valence-corrected chi connectivity index (χ2v) is 17.2. The molecular weight excluding hydrogens is 903 g/mol. The molecule has 0 saturated carbocycles. The lowest BCUT2D eigenvalue weighted by Crippen LogP contribution is -2.28. The van der Waals surface area contributed by atoms with Crippen LogP contribution >= 0.6 is 23.7 Å². The van der Waals surface area contributed by atoms with E-state index in [4.69, 9.17) is 24.4 Å². The first-order valence-electron chi connectivity index (χ1n) is 20.2. The van der Waals surface area contributed by atoms with Crippen molar-refractivity contribution >= 4 is 90.0 Å². The fourth-order valence-corrected chi connectivity index (χ4v) is 10.3. The minimum absolute atomic E-state index is 0.164. The Morgan fingerprint density at radius 3 is 2.00 bits per heavy atom. The second kappa shape index (κ2) is 15.7. The zero-order valence-electron chi connectivity index (χ0n) is 34.4. The highest BCUT2D eigenvalue weighted by molar-refractivity contribution is 8.07. The van der Waals surface area contributed by atoms with E-state index in [9.17, 15) is 26.3 Å². The van der Waals surface area contributed by atoms with Gasteiger partial charge in [0.1, 0.15) is 22.4 Å². The van der Waals surface area contributed by atoms with Gasteiger partial charge in [0, 0.05) is 35.5 Å². The minimum Gasteiger partial charge on any atom is -0.484 e.